The molecule has 0 aromatic carbocycles. The van der Waals surface area contributed by atoms with Crippen molar-refractivity contribution in [3.8, 4) is 0 Å². The van der Waals surface area contributed by atoms with E-state index in [9.17, 15) is 14.7 Å². The van der Waals surface area contributed by atoms with Gasteiger partial charge >= 0.3 is 12.0 Å². The van der Waals surface area contributed by atoms with Crippen molar-refractivity contribution in [2.75, 3.05) is 13.2 Å². The highest BCUT2D eigenvalue weighted by atomic mass is 16.5. The topological polar surface area (TPSA) is 87.7 Å². The average molecular weight is 298 g/mol. The van der Waals surface area contributed by atoms with E-state index >= 15 is 0 Å². The summed E-state index contributed by atoms with van der Waals surface area (Å²) in [6, 6.07) is -0.614. The molecule has 1 aliphatic carbocycles. The summed E-state index contributed by atoms with van der Waals surface area (Å²) in [6.07, 6.45) is 3.21. The second-order valence-corrected chi connectivity index (χ2v) is 6.91. The van der Waals surface area contributed by atoms with Gasteiger partial charge in [0.2, 0.25) is 0 Å². The number of ether oxygens (including phenoxy) is 1. The first kappa shape index (κ1) is 16.1. The molecule has 6 nitrogen and oxygen atoms in total. The van der Waals surface area contributed by atoms with Gasteiger partial charge in [-0.2, -0.15) is 0 Å². The molecule has 3 N–H and O–H groups in total. The van der Waals surface area contributed by atoms with Crippen molar-refractivity contribution in [2.24, 2.45) is 17.3 Å². The molecule has 1 heterocycles. The van der Waals surface area contributed by atoms with Crippen LogP contribution in [0.5, 0.6) is 0 Å². The molecule has 1 saturated heterocycles. The molecule has 1 saturated carbocycles. The highest BCUT2D eigenvalue weighted by molar-refractivity contribution is 5.79. The van der Waals surface area contributed by atoms with Gasteiger partial charge in [-0.15, -0.1) is 0 Å². The smallest absolute Gasteiger partial charge is 0.315 e. The number of hydrogen-bond donors (Lipinski definition) is 3. The third-order valence-corrected chi connectivity index (χ3v) is 5.00. The molecule has 2 rings (SSSR count). The molecule has 0 spiro atoms. The Labute approximate surface area is 125 Å². The number of aliphatic carboxylic acids is 1. The van der Waals surface area contributed by atoms with Crippen LogP contribution < -0.4 is 10.6 Å². The molecule has 0 bridgehead atoms. The summed E-state index contributed by atoms with van der Waals surface area (Å²) < 4.78 is 5.24. The molecule has 0 aromatic rings. The van der Waals surface area contributed by atoms with Crippen molar-refractivity contribution in [1.29, 1.82) is 0 Å². The van der Waals surface area contributed by atoms with Crippen LogP contribution in [0.1, 0.15) is 40.0 Å². The second kappa shape index (κ2) is 6.22. The number of amides is 2. The van der Waals surface area contributed by atoms with E-state index in [4.69, 9.17) is 4.74 Å². The van der Waals surface area contributed by atoms with Crippen LogP contribution in [-0.4, -0.2) is 42.4 Å². The van der Waals surface area contributed by atoms with Crippen LogP contribution in [0.2, 0.25) is 0 Å². The average Bonchev–Trinajstić information content (AvgIpc) is 2.76. The van der Waals surface area contributed by atoms with Gasteiger partial charge in [-0.1, -0.05) is 13.8 Å². The summed E-state index contributed by atoms with van der Waals surface area (Å²) in [5.41, 5.74) is -1.05. The van der Waals surface area contributed by atoms with Crippen molar-refractivity contribution < 1.29 is 19.4 Å². The minimum Gasteiger partial charge on any atom is -0.481 e. The summed E-state index contributed by atoms with van der Waals surface area (Å²) in [5, 5.41) is 15.1. The highest BCUT2D eigenvalue weighted by Gasteiger charge is 2.47. The Balaban J connectivity index is 1.88. The summed E-state index contributed by atoms with van der Waals surface area (Å²) in [7, 11) is 0. The lowest BCUT2D eigenvalue weighted by Crippen LogP contribution is -2.55. The number of nitrogens with one attached hydrogen (secondary N) is 2. The third kappa shape index (κ3) is 3.48. The van der Waals surface area contributed by atoms with E-state index in [2.05, 4.69) is 24.5 Å². The largest absolute Gasteiger partial charge is 0.481 e. The van der Waals surface area contributed by atoms with Gasteiger partial charge in [0.15, 0.2) is 0 Å². The zero-order valence-corrected chi connectivity index (χ0v) is 13.0. The van der Waals surface area contributed by atoms with Crippen LogP contribution in [-0.2, 0) is 9.53 Å². The fraction of sp³-hybridized carbons (Fsp3) is 0.867. The van der Waals surface area contributed by atoms with Crippen LogP contribution in [0.3, 0.4) is 0 Å². The maximum atomic E-state index is 12.1. The molecule has 0 radical (unpaired) electrons. The van der Waals surface area contributed by atoms with Gasteiger partial charge in [0.25, 0.3) is 0 Å². The van der Waals surface area contributed by atoms with Crippen LogP contribution in [0.25, 0.3) is 0 Å². The maximum absolute atomic E-state index is 12.1. The van der Waals surface area contributed by atoms with Gasteiger partial charge in [0.05, 0.1) is 19.3 Å². The second-order valence-electron chi connectivity index (χ2n) is 6.91. The normalized spacial score (nSPS) is 39.8. The molecule has 5 unspecified atom stereocenters. The molecule has 5 atom stereocenters. The lowest BCUT2D eigenvalue weighted by molar-refractivity contribution is -0.148. The van der Waals surface area contributed by atoms with Crippen molar-refractivity contribution in [1.82, 2.24) is 10.6 Å². The molecular weight excluding hydrogens is 272 g/mol. The molecule has 2 amide bonds. The molecule has 0 aromatic heterocycles. The lowest BCUT2D eigenvalue weighted by atomic mass is 9.80. The van der Waals surface area contributed by atoms with Crippen molar-refractivity contribution in [3.63, 3.8) is 0 Å². The Kier molecular flexibility index (Phi) is 4.76. The predicted molar refractivity (Wildman–Crippen MR) is 78.0 cm³/mol. The van der Waals surface area contributed by atoms with Gasteiger partial charge in [0, 0.05) is 6.04 Å². The molecular formula is C15H26N2O4. The predicted octanol–water partition coefficient (Wildman–Crippen LogP) is 1.60. The van der Waals surface area contributed by atoms with Crippen molar-refractivity contribution >= 4 is 12.0 Å². The van der Waals surface area contributed by atoms with Crippen LogP contribution in [0.15, 0.2) is 0 Å². The van der Waals surface area contributed by atoms with Crippen LogP contribution >= 0.6 is 0 Å². The zero-order chi connectivity index (χ0) is 15.6. The number of rotatable bonds is 3. The first-order valence-corrected chi connectivity index (χ1v) is 7.71. The number of urea groups is 1. The summed E-state index contributed by atoms with van der Waals surface area (Å²) >= 11 is 0. The van der Waals surface area contributed by atoms with E-state index in [1.54, 1.807) is 6.92 Å². The van der Waals surface area contributed by atoms with Crippen molar-refractivity contribution in [2.45, 2.75) is 52.1 Å². The minimum atomic E-state index is -1.05. The number of carbonyl (C=O) groups excluding carboxylic acids is 1. The number of carbonyl (C=O) groups is 2. The summed E-state index contributed by atoms with van der Waals surface area (Å²) in [5.74, 6) is 0.218. The molecule has 1 aliphatic heterocycles. The SMILES string of the molecule is CC1CCC(NC(=O)NC2COCC2(C)C(=O)O)C(C)C1. The molecule has 6 heteroatoms. The Morgan fingerprint density at radius 3 is 2.57 bits per heavy atom. The standard InChI is InChI=1S/C15H26N2O4/c1-9-4-5-11(10(2)6-9)16-14(20)17-12-7-21-8-15(12,3)13(18)19/h9-12H,4-8H2,1-3H3,(H,18,19)(H2,16,17,20). The van der Waals surface area contributed by atoms with E-state index in [0.717, 1.165) is 19.3 Å². The Morgan fingerprint density at radius 2 is 1.95 bits per heavy atom. The van der Waals surface area contributed by atoms with E-state index in [0.29, 0.717) is 11.8 Å². The first-order valence-electron chi connectivity index (χ1n) is 7.71. The van der Waals surface area contributed by atoms with E-state index in [-0.39, 0.29) is 25.3 Å². The number of hydrogen-bond acceptors (Lipinski definition) is 3. The number of carboxylic acids is 1. The highest BCUT2D eigenvalue weighted by Crippen LogP contribution is 2.30. The molecule has 21 heavy (non-hydrogen) atoms. The fourth-order valence-corrected chi connectivity index (χ4v) is 3.33. The minimum absolute atomic E-state index is 0.130. The zero-order valence-electron chi connectivity index (χ0n) is 13.0. The van der Waals surface area contributed by atoms with Crippen LogP contribution in [0, 0.1) is 17.3 Å². The molecule has 2 fully saturated rings. The lowest BCUT2D eigenvalue weighted by Gasteiger charge is -2.34. The van der Waals surface area contributed by atoms with Crippen LogP contribution in [0.4, 0.5) is 4.79 Å². The van der Waals surface area contributed by atoms with Gasteiger partial charge in [-0.25, -0.2) is 4.79 Å². The van der Waals surface area contributed by atoms with Gasteiger partial charge in [0.1, 0.15) is 5.41 Å². The fourth-order valence-electron chi connectivity index (χ4n) is 3.33. The maximum Gasteiger partial charge on any atom is 0.315 e. The Hall–Kier alpha value is -1.30. The number of carboxylic acid groups (broad SMARTS) is 1. The monoisotopic (exact) mass is 298 g/mol. The van der Waals surface area contributed by atoms with E-state index in [1.165, 1.54) is 0 Å². The van der Waals surface area contributed by atoms with E-state index in [1.807, 2.05) is 0 Å². The first-order chi connectivity index (χ1) is 9.83. The summed E-state index contributed by atoms with van der Waals surface area (Å²) in [6.45, 7) is 6.37. The Bertz CT molecular complexity index is 414. The van der Waals surface area contributed by atoms with Gasteiger partial charge < -0.3 is 20.5 Å². The Morgan fingerprint density at radius 1 is 1.24 bits per heavy atom. The summed E-state index contributed by atoms with van der Waals surface area (Å²) in [4.78, 5) is 23.5. The van der Waals surface area contributed by atoms with E-state index < -0.39 is 17.4 Å². The van der Waals surface area contributed by atoms with Crippen molar-refractivity contribution in [3.05, 3.63) is 0 Å². The van der Waals surface area contributed by atoms with Gasteiger partial charge in [-0.3, -0.25) is 4.79 Å². The molecule has 2 aliphatic rings. The molecule has 120 valence electrons. The third-order valence-electron chi connectivity index (χ3n) is 5.00. The quantitative estimate of drug-likeness (QED) is 0.738. The van der Waals surface area contributed by atoms with Gasteiger partial charge in [-0.05, 0) is 38.0 Å².